The van der Waals surface area contributed by atoms with Crippen molar-refractivity contribution < 1.29 is 9.53 Å². The van der Waals surface area contributed by atoms with Crippen molar-refractivity contribution in [2.45, 2.75) is 6.42 Å². The summed E-state index contributed by atoms with van der Waals surface area (Å²) < 4.78 is 5.12. The molecule has 0 aliphatic carbocycles. The van der Waals surface area contributed by atoms with Crippen LogP contribution in [-0.2, 0) is 16.0 Å². The molecule has 0 radical (unpaired) electrons. The lowest BCUT2D eigenvalue weighted by Gasteiger charge is -2.00. The highest BCUT2D eigenvalue weighted by molar-refractivity contribution is 7.09. The summed E-state index contributed by atoms with van der Waals surface area (Å²) in [6.07, 6.45) is 3.90. The lowest BCUT2D eigenvalue weighted by Crippen LogP contribution is -2.03. The van der Waals surface area contributed by atoms with Crippen LogP contribution in [-0.4, -0.2) is 12.6 Å². The number of carbonyl (C=O) groups is 1. The molecule has 0 saturated carbocycles. The van der Waals surface area contributed by atoms with Gasteiger partial charge in [-0.15, -0.1) is 11.3 Å². The summed E-state index contributed by atoms with van der Waals surface area (Å²) in [7, 11) is 0. The van der Waals surface area contributed by atoms with Crippen LogP contribution in [0.3, 0.4) is 0 Å². The van der Waals surface area contributed by atoms with Gasteiger partial charge >= 0.3 is 5.97 Å². The zero-order chi connectivity index (χ0) is 13.5. The van der Waals surface area contributed by atoms with Gasteiger partial charge in [0.1, 0.15) is 0 Å². The molecular formula is C15H13ClO2S. The van der Waals surface area contributed by atoms with Crippen LogP contribution < -0.4 is 0 Å². The van der Waals surface area contributed by atoms with Gasteiger partial charge in [0.15, 0.2) is 0 Å². The number of hydrogen-bond acceptors (Lipinski definition) is 3. The number of benzene rings is 1. The molecule has 2 rings (SSSR count). The van der Waals surface area contributed by atoms with Gasteiger partial charge in [-0.1, -0.05) is 29.8 Å². The molecular weight excluding hydrogens is 280 g/mol. The second-order valence-electron chi connectivity index (χ2n) is 3.88. The summed E-state index contributed by atoms with van der Waals surface area (Å²) in [6, 6.07) is 11.3. The fourth-order valence-corrected chi connectivity index (χ4v) is 2.31. The number of ether oxygens (including phenoxy) is 1. The van der Waals surface area contributed by atoms with Crippen molar-refractivity contribution in [3.63, 3.8) is 0 Å². The highest BCUT2D eigenvalue weighted by atomic mass is 35.5. The van der Waals surface area contributed by atoms with Gasteiger partial charge in [-0.2, -0.15) is 0 Å². The van der Waals surface area contributed by atoms with E-state index < -0.39 is 0 Å². The standard InChI is InChI=1S/C15H13ClO2S/c16-13-6-3-12(4-7-13)5-8-15(17)18-10-9-14-2-1-11-19-14/h1-8,11H,9-10H2. The van der Waals surface area contributed by atoms with E-state index in [1.54, 1.807) is 29.5 Å². The summed E-state index contributed by atoms with van der Waals surface area (Å²) in [5.41, 5.74) is 0.916. The van der Waals surface area contributed by atoms with Crippen molar-refractivity contribution in [1.29, 1.82) is 0 Å². The first kappa shape index (κ1) is 13.8. The maximum Gasteiger partial charge on any atom is 0.330 e. The molecule has 0 N–H and O–H groups in total. The minimum Gasteiger partial charge on any atom is -0.462 e. The van der Waals surface area contributed by atoms with E-state index in [-0.39, 0.29) is 5.97 Å². The Morgan fingerprint density at radius 1 is 1.26 bits per heavy atom. The minimum absolute atomic E-state index is 0.327. The fourth-order valence-electron chi connectivity index (χ4n) is 1.49. The molecule has 98 valence electrons. The molecule has 2 nitrogen and oxygen atoms in total. The molecule has 0 unspecified atom stereocenters. The normalized spacial score (nSPS) is 10.8. The molecule has 2 aromatic rings. The van der Waals surface area contributed by atoms with Gasteiger partial charge in [-0.05, 0) is 35.2 Å². The maximum atomic E-state index is 11.5. The Morgan fingerprint density at radius 3 is 2.74 bits per heavy atom. The molecule has 1 aromatic heterocycles. The van der Waals surface area contributed by atoms with E-state index >= 15 is 0 Å². The number of esters is 1. The predicted octanol–water partition coefficient (Wildman–Crippen LogP) is 4.20. The van der Waals surface area contributed by atoms with Crippen molar-refractivity contribution >= 4 is 35.0 Å². The van der Waals surface area contributed by atoms with E-state index in [1.165, 1.54) is 11.0 Å². The van der Waals surface area contributed by atoms with Gasteiger partial charge in [0, 0.05) is 22.4 Å². The highest BCUT2D eigenvalue weighted by Gasteiger charge is 1.99. The minimum atomic E-state index is -0.327. The summed E-state index contributed by atoms with van der Waals surface area (Å²) in [4.78, 5) is 12.7. The van der Waals surface area contributed by atoms with Gasteiger partial charge in [0.2, 0.25) is 0 Å². The molecule has 0 fully saturated rings. The van der Waals surface area contributed by atoms with Crippen LogP contribution in [0.5, 0.6) is 0 Å². The number of carbonyl (C=O) groups excluding carboxylic acids is 1. The Hall–Kier alpha value is -1.58. The first-order chi connectivity index (χ1) is 9.24. The molecule has 1 aromatic carbocycles. The average Bonchev–Trinajstić information content (AvgIpc) is 2.91. The van der Waals surface area contributed by atoms with Crippen molar-refractivity contribution in [3.8, 4) is 0 Å². The summed E-state index contributed by atoms with van der Waals surface area (Å²) in [5.74, 6) is -0.327. The third-order valence-electron chi connectivity index (χ3n) is 2.45. The number of rotatable bonds is 5. The molecule has 0 spiro atoms. The Balaban J connectivity index is 1.76. The van der Waals surface area contributed by atoms with Gasteiger partial charge in [0.05, 0.1) is 6.61 Å². The second kappa shape index (κ2) is 7.12. The molecule has 0 saturated heterocycles. The third-order valence-corrected chi connectivity index (χ3v) is 3.64. The Morgan fingerprint density at radius 2 is 2.05 bits per heavy atom. The summed E-state index contributed by atoms with van der Waals surface area (Å²) in [5, 5.41) is 2.69. The van der Waals surface area contributed by atoms with Crippen LogP contribution in [0.2, 0.25) is 5.02 Å². The second-order valence-corrected chi connectivity index (χ2v) is 5.35. The molecule has 1 heterocycles. The molecule has 0 atom stereocenters. The van der Waals surface area contributed by atoms with Gasteiger partial charge in [-0.25, -0.2) is 4.79 Å². The zero-order valence-electron chi connectivity index (χ0n) is 10.2. The lowest BCUT2D eigenvalue weighted by molar-refractivity contribution is -0.137. The summed E-state index contributed by atoms with van der Waals surface area (Å²) in [6.45, 7) is 0.407. The highest BCUT2D eigenvalue weighted by Crippen LogP contribution is 2.11. The number of thiophene rings is 1. The SMILES string of the molecule is O=C(C=Cc1ccc(Cl)cc1)OCCc1cccs1. The van der Waals surface area contributed by atoms with E-state index in [1.807, 2.05) is 29.6 Å². The molecule has 0 aliphatic heterocycles. The number of hydrogen-bond donors (Lipinski definition) is 0. The quantitative estimate of drug-likeness (QED) is 0.610. The Kier molecular flexibility index (Phi) is 5.19. The predicted molar refractivity (Wildman–Crippen MR) is 79.5 cm³/mol. The molecule has 0 amide bonds. The van der Waals surface area contributed by atoms with Crippen molar-refractivity contribution in [1.82, 2.24) is 0 Å². The number of halogens is 1. The first-order valence-corrected chi connectivity index (χ1v) is 7.12. The van der Waals surface area contributed by atoms with Crippen molar-refractivity contribution in [2.24, 2.45) is 0 Å². The topological polar surface area (TPSA) is 26.3 Å². The Labute approximate surface area is 121 Å². The van der Waals surface area contributed by atoms with Crippen LogP contribution in [0, 0.1) is 0 Å². The van der Waals surface area contributed by atoms with E-state index in [0.717, 1.165) is 12.0 Å². The molecule has 0 aliphatic rings. The monoisotopic (exact) mass is 292 g/mol. The first-order valence-electron chi connectivity index (χ1n) is 5.87. The third kappa shape index (κ3) is 4.89. The average molecular weight is 293 g/mol. The van der Waals surface area contributed by atoms with Gasteiger partial charge < -0.3 is 4.74 Å². The molecule has 19 heavy (non-hydrogen) atoms. The van der Waals surface area contributed by atoms with E-state index in [4.69, 9.17) is 16.3 Å². The van der Waals surface area contributed by atoms with Crippen LogP contribution in [0.15, 0.2) is 47.9 Å². The largest absolute Gasteiger partial charge is 0.462 e. The van der Waals surface area contributed by atoms with E-state index in [2.05, 4.69) is 0 Å². The zero-order valence-corrected chi connectivity index (χ0v) is 11.8. The lowest BCUT2D eigenvalue weighted by atomic mass is 10.2. The van der Waals surface area contributed by atoms with Crippen molar-refractivity contribution in [2.75, 3.05) is 6.61 Å². The van der Waals surface area contributed by atoms with Crippen LogP contribution in [0.1, 0.15) is 10.4 Å². The maximum absolute atomic E-state index is 11.5. The van der Waals surface area contributed by atoms with E-state index in [9.17, 15) is 4.79 Å². The molecule has 4 heteroatoms. The fraction of sp³-hybridized carbons (Fsp3) is 0.133. The van der Waals surface area contributed by atoms with Gasteiger partial charge in [-0.3, -0.25) is 0 Å². The Bertz CT molecular complexity index is 544. The van der Waals surface area contributed by atoms with E-state index in [0.29, 0.717) is 11.6 Å². The van der Waals surface area contributed by atoms with Gasteiger partial charge in [0.25, 0.3) is 0 Å². The van der Waals surface area contributed by atoms with Crippen LogP contribution in [0.4, 0.5) is 0 Å². The molecule has 0 bridgehead atoms. The van der Waals surface area contributed by atoms with Crippen LogP contribution >= 0.6 is 22.9 Å². The smallest absolute Gasteiger partial charge is 0.330 e. The summed E-state index contributed by atoms with van der Waals surface area (Å²) >= 11 is 7.44. The van der Waals surface area contributed by atoms with Crippen LogP contribution in [0.25, 0.3) is 6.08 Å². The van der Waals surface area contributed by atoms with Crippen molar-refractivity contribution in [3.05, 3.63) is 63.3 Å².